The van der Waals surface area contributed by atoms with Gasteiger partial charge in [-0.25, -0.2) is 19.0 Å². The lowest BCUT2D eigenvalue weighted by molar-refractivity contribution is 0.0132. The summed E-state index contributed by atoms with van der Waals surface area (Å²) in [5.74, 6) is 2.09. The molecule has 2 saturated heterocycles. The van der Waals surface area contributed by atoms with Gasteiger partial charge in [-0.15, -0.1) is 0 Å². The van der Waals surface area contributed by atoms with Crippen LogP contribution < -0.4 is 4.90 Å². The van der Waals surface area contributed by atoms with Crippen LogP contribution in [-0.2, 0) is 4.74 Å². The molecule has 0 aliphatic carbocycles. The average molecular weight is 455 g/mol. The van der Waals surface area contributed by atoms with Crippen molar-refractivity contribution in [2.24, 2.45) is 0 Å². The summed E-state index contributed by atoms with van der Waals surface area (Å²) in [6.45, 7) is 7.14. The zero-order valence-corrected chi connectivity index (χ0v) is 19.4. The molecule has 1 aromatic carbocycles. The van der Waals surface area contributed by atoms with Crippen molar-refractivity contribution in [3.8, 4) is 5.82 Å². The number of likely N-dealkylation sites (tertiary alicyclic amines) is 1. The molecule has 9 heteroatoms. The van der Waals surface area contributed by atoms with E-state index in [1.165, 1.54) is 0 Å². The fourth-order valence-electron chi connectivity index (χ4n) is 4.95. The molecule has 2 aliphatic rings. The number of aliphatic hydroxyl groups excluding tert-OH is 1. The molecule has 8 nitrogen and oxygen atoms in total. The van der Waals surface area contributed by atoms with E-state index in [-0.39, 0.29) is 18.6 Å². The van der Waals surface area contributed by atoms with Gasteiger partial charge in [0.1, 0.15) is 17.8 Å². The molecule has 4 heterocycles. The van der Waals surface area contributed by atoms with Gasteiger partial charge >= 0.3 is 0 Å². The van der Waals surface area contributed by atoms with Crippen molar-refractivity contribution in [1.82, 2.24) is 24.6 Å². The summed E-state index contributed by atoms with van der Waals surface area (Å²) in [6, 6.07) is 6.14. The summed E-state index contributed by atoms with van der Waals surface area (Å²) in [6.07, 6.45) is 1.88. The SMILES string of the molecule is Cc1nc(N2CC(OCCO)C2)cc(-n2ncc3cc(C)c(C4CCN(C)CC4F)cc32)n1. The Morgan fingerprint density at radius 1 is 1.12 bits per heavy atom. The number of ether oxygens (including phenoxy) is 1. The summed E-state index contributed by atoms with van der Waals surface area (Å²) in [5.41, 5.74) is 3.09. The Labute approximate surface area is 193 Å². The fourth-order valence-corrected chi connectivity index (χ4v) is 4.95. The van der Waals surface area contributed by atoms with Crippen LogP contribution in [0.15, 0.2) is 24.4 Å². The van der Waals surface area contributed by atoms with Crippen LogP contribution in [0, 0.1) is 13.8 Å². The van der Waals surface area contributed by atoms with E-state index in [9.17, 15) is 4.39 Å². The molecule has 0 radical (unpaired) electrons. The highest BCUT2D eigenvalue weighted by Crippen LogP contribution is 2.35. The van der Waals surface area contributed by atoms with E-state index in [1.54, 1.807) is 0 Å². The third-order valence-corrected chi connectivity index (χ3v) is 6.74. The number of hydrogen-bond donors (Lipinski definition) is 1. The molecule has 2 aromatic heterocycles. The molecule has 2 fully saturated rings. The standard InChI is InChI=1S/C24H31FN6O2/c1-15-8-17-11-26-31(22(17)9-20(15)19-4-5-29(3)14-21(19)25)24-10-23(27-16(2)28-24)30-12-18(13-30)33-7-6-32/h8-11,18-19,21,32H,4-7,12-14H2,1-3H3. The van der Waals surface area contributed by atoms with Crippen molar-refractivity contribution >= 4 is 16.7 Å². The topological polar surface area (TPSA) is 79.5 Å². The third-order valence-electron chi connectivity index (χ3n) is 6.74. The normalized spacial score (nSPS) is 22.2. The van der Waals surface area contributed by atoms with Gasteiger partial charge in [0.05, 0.1) is 31.0 Å². The zero-order valence-electron chi connectivity index (χ0n) is 19.4. The van der Waals surface area contributed by atoms with Crippen LogP contribution in [0.1, 0.15) is 29.3 Å². The average Bonchev–Trinajstić information content (AvgIpc) is 3.14. The Hall–Kier alpha value is -2.62. The molecular weight excluding hydrogens is 423 g/mol. The van der Waals surface area contributed by atoms with Crippen molar-refractivity contribution in [2.75, 3.05) is 51.3 Å². The molecule has 2 aliphatic heterocycles. The highest BCUT2D eigenvalue weighted by molar-refractivity contribution is 5.82. The van der Waals surface area contributed by atoms with Crippen LogP contribution in [0.25, 0.3) is 16.7 Å². The largest absolute Gasteiger partial charge is 0.394 e. The Morgan fingerprint density at radius 2 is 1.91 bits per heavy atom. The Balaban J connectivity index is 1.46. The van der Waals surface area contributed by atoms with Gasteiger partial charge in [0.2, 0.25) is 0 Å². The molecule has 2 atom stereocenters. The molecule has 176 valence electrons. The van der Waals surface area contributed by atoms with Crippen molar-refractivity contribution in [1.29, 1.82) is 0 Å². The maximum Gasteiger partial charge on any atom is 0.159 e. The van der Waals surface area contributed by atoms with E-state index < -0.39 is 6.17 Å². The number of fused-ring (bicyclic) bond motifs is 1. The molecule has 2 unspecified atom stereocenters. The van der Waals surface area contributed by atoms with E-state index in [0.29, 0.717) is 24.8 Å². The fraction of sp³-hybridized carbons (Fsp3) is 0.542. The number of piperidine rings is 1. The monoisotopic (exact) mass is 454 g/mol. The number of halogens is 1. The van der Waals surface area contributed by atoms with Gasteiger partial charge in [0, 0.05) is 37.0 Å². The quantitative estimate of drug-likeness (QED) is 0.613. The number of hydrogen-bond acceptors (Lipinski definition) is 7. The van der Waals surface area contributed by atoms with Crippen molar-refractivity contribution in [3.63, 3.8) is 0 Å². The third kappa shape index (κ3) is 4.32. The van der Waals surface area contributed by atoms with Gasteiger partial charge in [-0.2, -0.15) is 5.10 Å². The number of alkyl halides is 1. The Bertz CT molecular complexity index is 1150. The maximum absolute atomic E-state index is 14.9. The first-order valence-electron chi connectivity index (χ1n) is 11.6. The summed E-state index contributed by atoms with van der Waals surface area (Å²) in [7, 11) is 1.97. The molecule has 0 saturated carbocycles. The molecule has 0 spiro atoms. The van der Waals surface area contributed by atoms with Crippen LogP contribution >= 0.6 is 0 Å². The van der Waals surface area contributed by atoms with E-state index >= 15 is 0 Å². The lowest BCUT2D eigenvalue weighted by atomic mass is 9.85. The first-order valence-corrected chi connectivity index (χ1v) is 11.6. The Morgan fingerprint density at radius 3 is 2.67 bits per heavy atom. The molecule has 5 rings (SSSR count). The number of aryl methyl sites for hydroxylation is 2. The minimum Gasteiger partial charge on any atom is -0.394 e. The van der Waals surface area contributed by atoms with Gasteiger partial charge in [0.15, 0.2) is 5.82 Å². The Kier molecular flexibility index (Phi) is 6.03. The first-order chi connectivity index (χ1) is 15.9. The minimum absolute atomic E-state index is 0.0296. The van der Waals surface area contributed by atoms with E-state index in [4.69, 9.17) is 9.84 Å². The predicted molar refractivity (Wildman–Crippen MR) is 125 cm³/mol. The minimum atomic E-state index is -0.878. The number of nitrogens with zero attached hydrogens (tertiary/aromatic N) is 6. The van der Waals surface area contributed by atoms with Gasteiger partial charge in [-0.3, -0.25) is 0 Å². The van der Waals surface area contributed by atoms with E-state index in [2.05, 4.69) is 43.9 Å². The summed E-state index contributed by atoms with van der Waals surface area (Å²) in [4.78, 5) is 13.4. The number of anilines is 1. The lowest BCUT2D eigenvalue weighted by Crippen LogP contribution is -2.53. The summed E-state index contributed by atoms with van der Waals surface area (Å²) < 4.78 is 22.4. The number of aromatic nitrogens is 4. The number of benzene rings is 1. The second kappa shape index (κ2) is 8.96. The highest BCUT2D eigenvalue weighted by atomic mass is 19.1. The summed E-state index contributed by atoms with van der Waals surface area (Å²) in [5, 5.41) is 14.6. The second-order valence-electron chi connectivity index (χ2n) is 9.25. The first kappa shape index (κ1) is 22.2. The van der Waals surface area contributed by atoms with Crippen LogP contribution in [0.5, 0.6) is 0 Å². The van der Waals surface area contributed by atoms with Crippen LogP contribution in [0.3, 0.4) is 0 Å². The molecular formula is C24H31FN6O2. The molecule has 3 aromatic rings. The molecule has 0 bridgehead atoms. The molecule has 0 amide bonds. The zero-order chi connectivity index (χ0) is 23.1. The van der Waals surface area contributed by atoms with Crippen LogP contribution in [0.2, 0.25) is 0 Å². The predicted octanol–water partition coefficient (Wildman–Crippen LogP) is 2.39. The van der Waals surface area contributed by atoms with Crippen molar-refractivity contribution in [2.45, 2.75) is 38.5 Å². The second-order valence-corrected chi connectivity index (χ2v) is 9.25. The van der Waals surface area contributed by atoms with E-state index in [1.807, 2.05) is 30.9 Å². The van der Waals surface area contributed by atoms with E-state index in [0.717, 1.165) is 53.9 Å². The van der Waals surface area contributed by atoms with Crippen LogP contribution in [-0.4, -0.2) is 88.5 Å². The highest BCUT2D eigenvalue weighted by Gasteiger charge is 2.31. The molecule has 33 heavy (non-hydrogen) atoms. The number of aliphatic hydroxyl groups is 1. The number of rotatable bonds is 6. The van der Waals surface area contributed by atoms with Crippen molar-refractivity contribution < 1.29 is 14.2 Å². The van der Waals surface area contributed by atoms with Gasteiger partial charge < -0.3 is 19.6 Å². The smallest absolute Gasteiger partial charge is 0.159 e. The van der Waals surface area contributed by atoms with Gasteiger partial charge in [-0.1, -0.05) is 0 Å². The molecule has 1 N–H and O–H groups in total. The summed E-state index contributed by atoms with van der Waals surface area (Å²) >= 11 is 0. The van der Waals surface area contributed by atoms with Crippen molar-refractivity contribution in [3.05, 3.63) is 41.3 Å². The van der Waals surface area contributed by atoms with Gasteiger partial charge in [-0.05, 0) is 57.1 Å². The van der Waals surface area contributed by atoms with Crippen LogP contribution in [0.4, 0.5) is 10.2 Å². The van der Waals surface area contributed by atoms with Gasteiger partial charge in [0.25, 0.3) is 0 Å². The lowest BCUT2D eigenvalue weighted by Gasteiger charge is -2.39. The maximum atomic E-state index is 14.9.